The third-order valence-electron chi connectivity index (χ3n) is 4.08. The van der Waals surface area contributed by atoms with Crippen LogP contribution < -0.4 is 10.1 Å². The average molecular weight is 435 g/mol. The molecule has 2 aromatic rings. The SMILES string of the molecule is COC(=O)c1cc(NC(=O)CCS(=O)(=O)c2ccc(OC)cc2)cc(C(=O)OC)c1. The second-order valence-electron chi connectivity index (χ2n) is 6.07. The van der Waals surface area contributed by atoms with Crippen molar-refractivity contribution < 1.29 is 37.0 Å². The number of amides is 1. The summed E-state index contributed by atoms with van der Waals surface area (Å²) in [5.41, 5.74) is 0.188. The molecule has 0 saturated heterocycles. The lowest BCUT2D eigenvalue weighted by molar-refractivity contribution is -0.115. The summed E-state index contributed by atoms with van der Waals surface area (Å²) in [7, 11) is 0.131. The van der Waals surface area contributed by atoms with Gasteiger partial charge in [0.25, 0.3) is 0 Å². The molecular formula is C20H21NO8S. The summed E-state index contributed by atoms with van der Waals surface area (Å²) in [5.74, 6) is -1.94. The van der Waals surface area contributed by atoms with Gasteiger partial charge in [-0.05, 0) is 42.5 Å². The molecule has 0 atom stereocenters. The first-order valence-electron chi connectivity index (χ1n) is 8.68. The van der Waals surface area contributed by atoms with E-state index in [1.165, 1.54) is 63.8 Å². The van der Waals surface area contributed by atoms with E-state index in [-0.39, 0.29) is 28.1 Å². The number of ether oxygens (including phenoxy) is 3. The summed E-state index contributed by atoms with van der Waals surface area (Å²) in [5, 5.41) is 2.48. The molecule has 10 heteroatoms. The Kier molecular flexibility index (Phi) is 7.54. The van der Waals surface area contributed by atoms with Crippen LogP contribution in [-0.2, 0) is 24.1 Å². The van der Waals surface area contributed by atoms with Crippen molar-refractivity contribution >= 4 is 33.4 Å². The van der Waals surface area contributed by atoms with E-state index in [1.54, 1.807) is 0 Å². The van der Waals surface area contributed by atoms with Gasteiger partial charge in [-0.2, -0.15) is 0 Å². The zero-order valence-corrected chi connectivity index (χ0v) is 17.4. The van der Waals surface area contributed by atoms with Crippen molar-refractivity contribution in [3.05, 3.63) is 53.6 Å². The first-order chi connectivity index (χ1) is 14.2. The van der Waals surface area contributed by atoms with Gasteiger partial charge in [-0.3, -0.25) is 4.79 Å². The molecule has 0 spiro atoms. The van der Waals surface area contributed by atoms with Gasteiger partial charge in [0, 0.05) is 12.1 Å². The summed E-state index contributed by atoms with van der Waals surface area (Å²) in [4.78, 5) is 35.9. The molecule has 2 rings (SSSR count). The van der Waals surface area contributed by atoms with Crippen LogP contribution in [0, 0.1) is 0 Å². The average Bonchev–Trinajstić information content (AvgIpc) is 2.76. The zero-order chi connectivity index (χ0) is 22.3. The van der Waals surface area contributed by atoms with Crippen molar-refractivity contribution in [3.8, 4) is 5.75 Å². The van der Waals surface area contributed by atoms with Gasteiger partial charge in [0.05, 0.1) is 43.1 Å². The van der Waals surface area contributed by atoms with Crippen LogP contribution in [0.2, 0.25) is 0 Å². The van der Waals surface area contributed by atoms with E-state index in [2.05, 4.69) is 14.8 Å². The first-order valence-corrected chi connectivity index (χ1v) is 10.3. The molecule has 160 valence electrons. The second kappa shape index (κ2) is 9.88. The minimum absolute atomic E-state index is 0.0292. The molecule has 1 amide bonds. The second-order valence-corrected chi connectivity index (χ2v) is 8.18. The van der Waals surface area contributed by atoms with Gasteiger partial charge >= 0.3 is 11.9 Å². The van der Waals surface area contributed by atoms with Crippen molar-refractivity contribution in [2.45, 2.75) is 11.3 Å². The molecule has 0 bridgehead atoms. The Bertz CT molecular complexity index is 1010. The van der Waals surface area contributed by atoms with Crippen LogP contribution in [0.1, 0.15) is 27.1 Å². The number of sulfone groups is 1. The van der Waals surface area contributed by atoms with Gasteiger partial charge < -0.3 is 19.5 Å². The van der Waals surface area contributed by atoms with E-state index in [1.807, 2.05) is 0 Å². The molecule has 0 unspecified atom stereocenters. The Morgan fingerprint density at radius 3 is 1.87 bits per heavy atom. The Morgan fingerprint density at radius 1 is 0.867 bits per heavy atom. The van der Waals surface area contributed by atoms with Crippen LogP contribution in [0.5, 0.6) is 5.75 Å². The highest BCUT2D eigenvalue weighted by Crippen LogP contribution is 2.19. The molecule has 0 saturated carbocycles. The summed E-state index contributed by atoms with van der Waals surface area (Å²) < 4.78 is 39.1. The van der Waals surface area contributed by atoms with Gasteiger partial charge in [-0.15, -0.1) is 0 Å². The number of esters is 2. The van der Waals surface area contributed by atoms with E-state index in [9.17, 15) is 22.8 Å². The predicted molar refractivity (Wildman–Crippen MR) is 107 cm³/mol. The lowest BCUT2D eigenvalue weighted by Crippen LogP contribution is -2.18. The smallest absolute Gasteiger partial charge is 0.337 e. The summed E-state index contributed by atoms with van der Waals surface area (Å²) in [6.07, 6.45) is -0.329. The number of rotatable bonds is 8. The van der Waals surface area contributed by atoms with Crippen LogP contribution in [0.3, 0.4) is 0 Å². The largest absolute Gasteiger partial charge is 0.497 e. The molecule has 1 N–H and O–H groups in total. The first kappa shape index (κ1) is 22.9. The monoisotopic (exact) mass is 435 g/mol. The van der Waals surface area contributed by atoms with Gasteiger partial charge in [-0.25, -0.2) is 18.0 Å². The van der Waals surface area contributed by atoms with Gasteiger partial charge in [0.15, 0.2) is 9.84 Å². The number of carbonyl (C=O) groups excluding carboxylic acids is 3. The summed E-state index contributed by atoms with van der Waals surface area (Å²) in [6.45, 7) is 0. The topological polar surface area (TPSA) is 125 Å². The molecule has 2 aromatic carbocycles. The summed E-state index contributed by atoms with van der Waals surface area (Å²) in [6, 6.07) is 9.71. The molecule has 0 fully saturated rings. The fourth-order valence-corrected chi connectivity index (χ4v) is 3.76. The van der Waals surface area contributed by atoms with Crippen molar-refractivity contribution in [1.29, 1.82) is 0 Å². The van der Waals surface area contributed by atoms with Crippen LogP contribution in [0.15, 0.2) is 47.4 Å². The maximum Gasteiger partial charge on any atom is 0.337 e. The van der Waals surface area contributed by atoms with Crippen LogP contribution >= 0.6 is 0 Å². The Hall–Kier alpha value is -3.40. The lowest BCUT2D eigenvalue weighted by Gasteiger charge is -2.10. The van der Waals surface area contributed by atoms with Crippen LogP contribution in [0.4, 0.5) is 5.69 Å². The van der Waals surface area contributed by atoms with E-state index in [0.717, 1.165) is 0 Å². The van der Waals surface area contributed by atoms with E-state index in [4.69, 9.17) is 4.74 Å². The Morgan fingerprint density at radius 2 is 1.40 bits per heavy atom. The molecule has 0 aliphatic carbocycles. The van der Waals surface area contributed by atoms with Crippen molar-refractivity contribution in [2.75, 3.05) is 32.4 Å². The highest BCUT2D eigenvalue weighted by Gasteiger charge is 2.18. The van der Waals surface area contributed by atoms with E-state index >= 15 is 0 Å². The number of benzene rings is 2. The number of carbonyl (C=O) groups is 3. The molecule has 0 radical (unpaired) electrons. The molecule has 30 heavy (non-hydrogen) atoms. The number of anilines is 1. The fourth-order valence-electron chi connectivity index (χ4n) is 2.52. The third-order valence-corrected chi connectivity index (χ3v) is 5.81. The quantitative estimate of drug-likeness (QED) is 0.625. The third kappa shape index (κ3) is 5.80. The predicted octanol–water partition coefficient (Wildman–Crippen LogP) is 2.07. The zero-order valence-electron chi connectivity index (χ0n) is 16.6. The van der Waals surface area contributed by atoms with Crippen molar-refractivity contribution in [3.63, 3.8) is 0 Å². The van der Waals surface area contributed by atoms with E-state index in [0.29, 0.717) is 5.75 Å². The minimum atomic E-state index is -3.69. The van der Waals surface area contributed by atoms with Crippen molar-refractivity contribution in [2.24, 2.45) is 0 Å². The minimum Gasteiger partial charge on any atom is -0.497 e. The van der Waals surface area contributed by atoms with E-state index < -0.39 is 33.4 Å². The molecule has 0 aliphatic heterocycles. The molecule has 0 heterocycles. The molecule has 0 aliphatic rings. The number of hydrogen-bond donors (Lipinski definition) is 1. The lowest BCUT2D eigenvalue weighted by atomic mass is 10.1. The Labute approximate surface area is 173 Å². The van der Waals surface area contributed by atoms with Crippen LogP contribution in [-0.4, -0.2) is 53.3 Å². The molecule has 0 aromatic heterocycles. The highest BCUT2D eigenvalue weighted by atomic mass is 32.2. The highest BCUT2D eigenvalue weighted by molar-refractivity contribution is 7.91. The summed E-state index contributed by atoms with van der Waals surface area (Å²) >= 11 is 0. The van der Waals surface area contributed by atoms with Crippen molar-refractivity contribution in [1.82, 2.24) is 0 Å². The fraction of sp³-hybridized carbons (Fsp3) is 0.250. The number of hydrogen-bond acceptors (Lipinski definition) is 8. The van der Waals surface area contributed by atoms with Gasteiger partial charge in [0.2, 0.25) is 5.91 Å². The van der Waals surface area contributed by atoms with Gasteiger partial charge in [-0.1, -0.05) is 0 Å². The normalized spacial score (nSPS) is 10.8. The van der Waals surface area contributed by atoms with Crippen LogP contribution in [0.25, 0.3) is 0 Å². The number of nitrogens with one attached hydrogen (secondary N) is 1. The molecule has 9 nitrogen and oxygen atoms in total. The van der Waals surface area contributed by atoms with Gasteiger partial charge in [0.1, 0.15) is 5.75 Å². The Balaban J connectivity index is 2.13. The maximum atomic E-state index is 12.4. The standard InChI is InChI=1S/C20H21NO8S/c1-27-16-4-6-17(7-5-16)30(25,26)9-8-18(22)21-15-11-13(19(23)28-2)10-14(12-15)20(24)29-3/h4-7,10-12H,8-9H2,1-3H3,(H,21,22). The number of methoxy groups -OCH3 is 3. The maximum absolute atomic E-state index is 12.4. The molecular weight excluding hydrogens is 414 g/mol.